The summed E-state index contributed by atoms with van der Waals surface area (Å²) in [5.41, 5.74) is 1.13. The highest BCUT2D eigenvalue weighted by atomic mass is 16.2. The van der Waals surface area contributed by atoms with E-state index in [9.17, 15) is 9.59 Å². The molecule has 3 amide bonds. The van der Waals surface area contributed by atoms with E-state index in [2.05, 4.69) is 15.3 Å². The number of likely N-dealkylation sites (tertiary alicyclic amines) is 1. The Morgan fingerprint density at radius 1 is 1.19 bits per heavy atom. The molecule has 0 radical (unpaired) electrons. The van der Waals surface area contributed by atoms with E-state index in [1.807, 2.05) is 29.9 Å². The van der Waals surface area contributed by atoms with Crippen LogP contribution in [0.1, 0.15) is 16.5 Å². The summed E-state index contributed by atoms with van der Waals surface area (Å²) in [4.78, 5) is 31.5. The maximum atomic E-state index is 12.5. The first-order chi connectivity index (χ1) is 12.9. The van der Waals surface area contributed by atoms with Gasteiger partial charge in [0.05, 0.1) is 17.9 Å². The lowest BCUT2D eigenvalue weighted by atomic mass is 10.1. The van der Waals surface area contributed by atoms with Gasteiger partial charge in [-0.3, -0.25) is 14.4 Å². The molecule has 2 fully saturated rings. The summed E-state index contributed by atoms with van der Waals surface area (Å²) in [6.07, 6.45) is 3.57. The molecule has 0 atom stereocenters. The highest BCUT2D eigenvalue weighted by Gasteiger charge is 2.35. The molecule has 0 aromatic carbocycles. The summed E-state index contributed by atoms with van der Waals surface area (Å²) >= 11 is 0. The van der Waals surface area contributed by atoms with Crippen molar-refractivity contribution < 1.29 is 9.59 Å². The van der Waals surface area contributed by atoms with Crippen LogP contribution in [0, 0.1) is 0 Å². The molecule has 2 aliphatic rings. The van der Waals surface area contributed by atoms with Crippen molar-refractivity contribution in [1.82, 2.24) is 29.8 Å². The first-order valence-corrected chi connectivity index (χ1v) is 8.81. The number of rotatable bonds is 4. The van der Waals surface area contributed by atoms with Crippen molar-refractivity contribution in [2.45, 2.75) is 6.04 Å². The average molecular weight is 370 g/mol. The van der Waals surface area contributed by atoms with Crippen LogP contribution < -0.4 is 9.80 Å². The van der Waals surface area contributed by atoms with Crippen molar-refractivity contribution in [3.8, 4) is 0 Å². The van der Waals surface area contributed by atoms with E-state index in [1.165, 1.54) is 0 Å². The highest BCUT2D eigenvalue weighted by Crippen LogP contribution is 2.26. The summed E-state index contributed by atoms with van der Waals surface area (Å²) in [5.74, 6) is 0.576. The lowest BCUT2D eigenvalue weighted by molar-refractivity contribution is 0.0494. The molecule has 4 rings (SSSR count). The van der Waals surface area contributed by atoms with Crippen LogP contribution in [-0.4, -0.2) is 89.0 Å². The van der Waals surface area contributed by atoms with Crippen molar-refractivity contribution in [2.75, 3.05) is 57.1 Å². The molecular formula is C17H22N8O2. The SMILES string of the molecule is CN1CCN(c2cnn(C3CN(C(=O)c4ccc(N(C)C)nn4)C3)c2)C1=O. The van der Waals surface area contributed by atoms with E-state index >= 15 is 0 Å². The predicted molar refractivity (Wildman–Crippen MR) is 98.9 cm³/mol. The van der Waals surface area contributed by atoms with Gasteiger partial charge < -0.3 is 14.7 Å². The number of nitrogens with zero attached hydrogens (tertiary/aromatic N) is 8. The maximum Gasteiger partial charge on any atom is 0.324 e. The number of hydrogen-bond donors (Lipinski definition) is 0. The number of carbonyl (C=O) groups is 2. The molecule has 0 spiro atoms. The molecule has 2 saturated heterocycles. The van der Waals surface area contributed by atoms with E-state index in [4.69, 9.17) is 0 Å². The fourth-order valence-corrected chi connectivity index (χ4v) is 3.18. The largest absolute Gasteiger partial charge is 0.361 e. The van der Waals surface area contributed by atoms with Crippen LogP contribution in [0.25, 0.3) is 0 Å². The second-order valence-electron chi connectivity index (χ2n) is 7.07. The molecule has 2 aromatic rings. The third-order valence-electron chi connectivity index (χ3n) is 4.97. The van der Waals surface area contributed by atoms with Gasteiger partial charge >= 0.3 is 6.03 Å². The van der Waals surface area contributed by atoms with Crippen molar-refractivity contribution >= 4 is 23.4 Å². The number of carbonyl (C=O) groups excluding carboxylic acids is 2. The van der Waals surface area contributed by atoms with Gasteiger partial charge in [-0.15, -0.1) is 10.2 Å². The van der Waals surface area contributed by atoms with Crippen molar-refractivity contribution in [2.24, 2.45) is 0 Å². The number of hydrogen-bond acceptors (Lipinski definition) is 6. The van der Waals surface area contributed by atoms with Gasteiger partial charge in [0.2, 0.25) is 0 Å². The van der Waals surface area contributed by atoms with Crippen LogP contribution in [-0.2, 0) is 0 Å². The minimum atomic E-state index is -0.132. The molecule has 2 aliphatic heterocycles. The van der Waals surface area contributed by atoms with Gasteiger partial charge in [-0.05, 0) is 12.1 Å². The third kappa shape index (κ3) is 3.07. The summed E-state index contributed by atoms with van der Waals surface area (Å²) in [5, 5.41) is 12.4. The first-order valence-electron chi connectivity index (χ1n) is 8.81. The smallest absolute Gasteiger partial charge is 0.324 e. The average Bonchev–Trinajstić information content (AvgIpc) is 3.21. The number of urea groups is 1. The molecule has 0 bridgehead atoms. The van der Waals surface area contributed by atoms with Crippen LogP contribution in [0.15, 0.2) is 24.5 Å². The molecular weight excluding hydrogens is 348 g/mol. The lowest BCUT2D eigenvalue weighted by Gasteiger charge is -2.38. The van der Waals surface area contributed by atoms with Crippen LogP contribution >= 0.6 is 0 Å². The molecule has 0 aliphatic carbocycles. The van der Waals surface area contributed by atoms with Crippen molar-refractivity contribution in [3.63, 3.8) is 0 Å². The Morgan fingerprint density at radius 3 is 2.56 bits per heavy atom. The fourth-order valence-electron chi connectivity index (χ4n) is 3.18. The van der Waals surface area contributed by atoms with Crippen molar-refractivity contribution in [3.05, 3.63) is 30.2 Å². The zero-order valence-corrected chi connectivity index (χ0v) is 15.6. The van der Waals surface area contributed by atoms with E-state index in [1.54, 1.807) is 40.1 Å². The summed E-state index contributed by atoms with van der Waals surface area (Å²) in [7, 11) is 5.53. The maximum absolute atomic E-state index is 12.5. The van der Waals surface area contributed by atoms with Gasteiger partial charge in [0, 0.05) is 53.5 Å². The van der Waals surface area contributed by atoms with E-state index in [-0.39, 0.29) is 18.0 Å². The van der Waals surface area contributed by atoms with Gasteiger partial charge in [-0.2, -0.15) is 5.10 Å². The minimum absolute atomic E-state index is 0.0142. The van der Waals surface area contributed by atoms with E-state index < -0.39 is 0 Å². The van der Waals surface area contributed by atoms with Crippen LogP contribution in [0.5, 0.6) is 0 Å². The Morgan fingerprint density at radius 2 is 1.96 bits per heavy atom. The number of amides is 3. The number of anilines is 2. The summed E-state index contributed by atoms with van der Waals surface area (Å²) in [6, 6.07) is 3.56. The minimum Gasteiger partial charge on any atom is -0.361 e. The molecule has 10 heteroatoms. The molecule has 0 saturated carbocycles. The Balaban J connectivity index is 1.37. The molecule has 0 unspecified atom stereocenters. The Bertz CT molecular complexity index is 856. The summed E-state index contributed by atoms with van der Waals surface area (Å²) in [6.45, 7) is 2.50. The predicted octanol–water partition coefficient (Wildman–Crippen LogP) is 0.308. The van der Waals surface area contributed by atoms with Gasteiger partial charge in [0.15, 0.2) is 11.5 Å². The second-order valence-corrected chi connectivity index (χ2v) is 7.07. The zero-order chi connectivity index (χ0) is 19.1. The van der Waals surface area contributed by atoms with E-state index in [0.29, 0.717) is 37.7 Å². The molecule has 0 N–H and O–H groups in total. The van der Waals surface area contributed by atoms with Crippen LogP contribution in [0.3, 0.4) is 0 Å². The van der Waals surface area contributed by atoms with Crippen LogP contribution in [0.4, 0.5) is 16.3 Å². The molecule has 27 heavy (non-hydrogen) atoms. The number of likely N-dealkylation sites (N-methyl/N-ethyl adjacent to an activating group) is 1. The highest BCUT2D eigenvalue weighted by molar-refractivity contribution is 5.94. The van der Waals surface area contributed by atoms with Gasteiger partial charge in [0.1, 0.15) is 0 Å². The fraction of sp³-hybridized carbons (Fsp3) is 0.471. The molecule has 2 aromatic heterocycles. The Labute approximate surface area is 157 Å². The Kier molecular flexibility index (Phi) is 4.17. The Hall–Kier alpha value is -3.17. The van der Waals surface area contributed by atoms with Crippen LogP contribution in [0.2, 0.25) is 0 Å². The second kappa shape index (κ2) is 6.53. The lowest BCUT2D eigenvalue weighted by Crippen LogP contribution is -2.51. The molecule has 142 valence electrons. The summed E-state index contributed by atoms with van der Waals surface area (Å²) < 4.78 is 1.82. The molecule has 4 heterocycles. The van der Waals surface area contributed by atoms with Gasteiger partial charge in [0.25, 0.3) is 5.91 Å². The van der Waals surface area contributed by atoms with Crippen molar-refractivity contribution in [1.29, 1.82) is 0 Å². The monoisotopic (exact) mass is 370 g/mol. The first kappa shape index (κ1) is 17.3. The quantitative estimate of drug-likeness (QED) is 0.769. The zero-order valence-electron chi connectivity index (χ0n) is 15.6. The van der Waals surface area contributed by atoms with Gasteiger partial charge in [-0.25, -0.2) is 4.79 Å². The normalized spacial score (nSPS) is 17.4. The number of aromatic nitrogens is 4. The molecule has 10 nitrogen and oxygen atoms in total. The standard InChI is InChI=1S/C17H22N8O2/c1-21(2)15-5-4-14(19-20-15)16(26)23-9-13(10-23)25-11-12(8-18-25)24-7-6-22(3)17(24)27/h4-5,8,11,13H,6-7,9-10H2,1-3H3. The third-order valence-corrected chi connectivity index (χ3v) is 4.97. The van der Waals surface area contributed by atoms with Gasteiger partial charge in [-0.1, -0.05) is 0 Å². The topological polar surface area (TPSA) is 90.7 Å². The van der Waals surface area contributed by atoms with E-state index in [0.717, 1.165) is 5.69 Å².